The predicted octanol–water partition coefficient (Wildman–Crippen LogP) is 3.30. The minimum absolute atomic E-state index is 0.0488. The van der Waals surface area contributed by atoms with Gasteiger partial charge in [0.15, 0.2) is 5.16 Å². The number of benzene rings is 2. The van der Waals surface area contributed by atoms with Gasteiger partial charge in [0.05, 0.1) is 12.9 Å². The number of methoxy groups -OCH3 is 1. The van der Waals surface area contributed by atoms with E-state index in [-0.39, 0.29) is 11.7 Å². The van der Waals surface area contributed by atoms with E-state index < -0.39 is 0 Å². The van der Waals surface area contributed by atoms with Crippen molar-refractivity contribution in [2.45, 2.75) is 25.5 Å². The Morgan fingerprint density at radius 2 is 1.93 bits per heavy atom. The van der Waals surface area contributed by atoms with Gasteiger partial charge in [-0.25, -0.2) is 0 Å². The van der Waals surface area contributed by atoms with Gasteiger partial charge < -0.3 is 10.1 Å². The van der Waals surface area contributed by atoms with Crippen molar-refractivity contribution in [1.82, 2.24) is 20.1 Å². The molecule has 2 aromatic carbocycles. The Balaban J connectivity index is 1.59. The van der Waals surface area contributed by atoms with Gasteiger partial charge in [0.2, 0.25) is 5.91 Å². The molecule has 0 saturated heterocycles. The quantitative estimate of drug-likeness (QED) is 0.635. The monoisotopic (exact) mass is 382 g/mol. The molecule has 0 radical (unpaired) electrons. The molecule has 0 spiro atoms. The molecule has 0 aliphatic rings. The topological polar surface area (TPSA) is 69.0 Å². The maximum atomic E-state index is 12.2. The molecular weight excluding hydrogens is 360 g/mol. The number of nitrogens with zero attached hydrogens (tertiary/aromatic N) is 3. The van der Waals surface area contributed by atoms with Crippen molar-refractivity contribution < 1.29 is 9.53 Å². The molecule has 0 saturated carbocycles. The Bertz CT molecular complexity index is 922. The second-order valence-electron chi connectivity index (χ2n) is 6.12. The van der Waals surface area contributed by atoms with Crippen molar-refractivity contribution in [2.24, 2.45) is 0 Å². The van der Waals surface area contributed by atoms with E-state index in [0.717, 1.165) is 28.4 Å². The van der Waals surface area contributed by atoms with Crippen LogP contribution in [-0.4, -0.2) is 33.5 Å². The predicted molar refractivity (Wildman–Crippen MR) is 106 cm³/mol. The van der Waals surface area contributed by atoms with E-state index in [9.17, 15) is 4.79 Å². The fraction of sp³-hybridized carbons (Fsp3) is 0.250. The Kier molecular flexibility index (Phi) is 6.13. The van der Waals surface area contributed by atoms with Crippen molar-refractivity contribution in [2.75, 3.05) is 12.9 Å². The van der Waals surface area contributed by atoms with Gasteiger partial charge in [-0.15, -0.1) is 10.2 Å². The van der Waals surface area contributed by atoms with Crippen LogP contribution in [0.3, 0.4) is 0 Å². The van der Waals surface area contributed by atoms with Crippen molar-refractivity contribution >= 4 is 17.7 Å². The highest BCUT2D eigenvalue weighted by molar-refractivity contribution is 7.99. The van der Waals surface area contributed by atoms with Gasteiger partial charge in [-0.2, -0.15) is 0 Å². The third kappa shape index (κ3) is 4.89. The van der Waals surface area contributed by atoms with E-state index in [1.807, 2.05) is 60.9 Å². The van der Waals surface area contributed by atoms with Crippen LogP contribution in [0.25, 0.3) is 5.69 Å². The molecular formula is C20H22N4O2S. The Labute approximate surface area is 163 Å². The number of aromatic nitrogens is 3. The number of hydrogen-bond acceptors (Lipinski definition) is 5. The average Bonchev–Trinajstić information content (AvgIpc) is 3.05. The zero-order chi connectivity index (χ0) is 19.2. The Morgan fingerprint density at radius 1 is 1.15 bits per heavy atom. The minimum atomic E-state index is -0.0488. The van der Waals surface area contributed by atoms with Gasteiger partial charge in [-0.1, -0.05) is 36.0 Å². The summed E-state index contributed by atoms with van der Waals surface area (Å²) in [5.74, 6) is 1.82. The summed E-state index contributed by atoms with van der Waals surface area (Å²) in [4.78, 5) is 12.2. The first-order valence-corrected chi connectivity index (χ1v) is 9.57. The molecule has 0 aliphatic carbocycles. The summed E-state index contributed by atoms with van der Waals surface area (Å²) in [7, 11) is 1.63. The zero-order valence-electron chi connectivity index (χ0n) is 15.6. The number of thioether (sulfide) groups is 1. The molecule has 1 amide bonds. The Morgan fingerprint density at radius 3 is 2.63 bits per heavy atom. The highest BCUT2D eigenvalue weighted by Gasteiger charge is 2.13. The van der Waals surface area contributed by atoms with Crippen molar-refractivity contribution in [3.05, 3.63) is 65.5 Å². The molecule has 140 valence electrons. The molecule has 1 heterocycles. The zero-order valence-corrected chi connectivity index (χ0v) is 16.4. The van der Waals surface area contributed by atoms with Crippen molar-refractivity contribution in [3.63, 3.8) is 0 Å². The highest BCUT2D eigenvalue weighted by Crippen LogP contribution is 2.22. The first kappa shape index (κ1) is 19.0. The molecule has 6 nitrogen and oxygen atoms in total. The van der Waals surface area contributed by atoms with Gasteiger partial charge in [0.1, 0.15) is 11.6 Å². The normalized spacial score (nSPS) is 10.6. The lowest BCUT2D eigenvalue weighted by atomic mass is 10.2. The number of rotatable bonds is 7. The second kappa shape index (κ2) is 8.73. The number of nitrogens with one attached hydrogen (secondary N) is 1. The number of carbonyl (C=O) groups excluding carboxylic acids is 1. The lowest BCUT2D eigenvalue weighted by Gasteiger charge is -2.09. The molecule has 1 N–H and O–H groups in total. The summed E-state index contributed by atoms with van der Waals surface area (Å²) in [5.41, 5.74) is 3.18. The molecule has 0 fully saturated rings. The summed E-state index contributed by atoms with van der Waals surface area (Å²) in [5, 5.41) is 12.0. The summed E-state index contributed by atoms with van der Waals surface area (Å²) >= 11 is 1.38. The summed E-state index contributed by atoms with van der Waals surface area (Å²) in [6.45, 7) is 4.43. The summed E-state index contributed by atoms with van der Waals surface area (Å²) in [6, 6.07) is 15.8. The van der Waals surface area contributed by atoms with E-state index in [1.165, 1.54) is 11.8 Å². The van der Waals surface area contributed by atoms with Crippen LogP contribution in [0.2, 0.25) is 0 Å². The third-order valence-electron chi connectivity index (χ3n) is 4.04. The molecule has 0 bridgehead atoms. The fourth-order valence-electron chi connectivity index (χ4n) is 2.63. The van der Waals surface area contributed by atoms with E-state index >= 15 is 0 Å². The van der Waals surface area contributed by atoms with Gasteiger partial charge in [0, 0.05) is 12.2 Å². The highest BCUT2D eigenvalue weighted by atomic mass is 32.2. The van der Waals surface area contributed by atoms with Gasteiger partial charge in [0.25, 0.3) is 0 Å². The number of hydrogen-bond donors (Lipinski definition) is 1. The first-order chi connectivity index (χ1) is 13.1. The van der Waals surface area contributed by atoms with E-state index in [2.05, 4.69) is 21.6 Å². The van der Waals surface area contributed by atoms with Gasteiger partial charge in [-0.05, 0) is 49.2 Å². The minimum Gasteiger partial charge on any atom is -0.497 e. The molecule has 0 unspecified atom stereocenters. The van der Waals surface area contributed by atoms with Crippen LogP contribution in [0.4, 0.5) is 0 Å². The maximum absolute atomic E-state index is 12.2. The molecule has 1 aromatic heterocycles. The fourth-order valence-corrected chi connectivity index (χ4v) is 3.45. The van der Waals surface area contributed by atoms with Crippen LogP contribution in [0.15, 0.2) is 53.7 Å². The van der Waals surface area contributed by atoms with Gasteiger partial charge in [-0.3, -0.25) is 9.36 Å². The summed E-state index contributed by atoms with van der Waals surface area (Å²) in [6.07, 6.45) is 0. The SMILES string of the molecule is COc1ccc(CNC(=O)CSc2nnc(C)n2-c2cccc(C)c2)cc1. The lowest BCUT2D eigenvalue weighted by Crippen LogP contribution is -2.24. The van der Waals surface area contributed by atoms with Crippen LogP contribution < -0.4 is 10.1 Å². The number of aryl methyl sites for hydroxylation is 2. The van der Waals surface area contributed by atoms with E-state index in [0.29, 0.717) is 11.7 Å². The average molecular weight is 382 g/mol. The largest absolute Gasteiger partial charge is 0.497 e. The molecule has 0 atom stereocenters. The molecule has 0 aliphatic heterocycles. The van der Waals surface area contributed by atoms with E-state index in [1.54, 1.807) is 7.11 Å². The van der Waals surface area contributed by atoms with Gasteiger partial charge >= 0.3 is 0 Å². The van der Waals surface area contributed by atoms with Crippen LogP contribution in [0.5, 0.6) is 5.75 Å². The van der Waals surface area contributed by atoms with Crippen LogP contribution in [-0.2, 0) is 11.3 Å². The molecule has 27 heavy (non-hydrogen) atoms. The van der Waals surface area contributed by atoms with Crippen LogP contribution >= 0.6 is 11.8 Å². The first-order valence-electron chi connectivity index (χ1n) is 8.58. The number of amides is 1. The van der Waals surface area contributed by atoms with E-state index in [4.69, 9.17) is 4.74 Å². The molecule has 7 heteroatoms. The molecule has 3 aromatic rings. The van der Waals surface area contributed by atoms with Crippen LogP contribution in [0, 0.1) is 13.8 Å². The number of ether oxygens (including phenoxy) is 1. The van der Waals surface area contributed by atoms with Crippen molar-refractivity contribution in [3.8, 4) is 11.4 Å². The maximum Gasteiger partial charge on any atom is 0.230 e. The van der Waals surface area contributed by atoms with Crippen LogP contribution in [0.1, 0.15) is 17.0 Å². The third-order valence-corrected chi connectivity index (χ3v) is 4.97. The summed E-state index contributed by atoms with van der Waals surface area (Å²) < 4.78 is 7.10. The molecule has 3 rings (SSSR count). The lowest BCUT2D eigenvalue weighted by molar-refractivity contribution is -0.118. The second-order valence-corrected chi connectivity index (χ2v) is 7.06. The van der Waals surface area contributed by atoms with Crippen molar-refractivity contribution in [1.29, 1.82) is 0 Å². The number of carbonyl (C=O) groups is 1. The Hall–Kier alpha value is -2.80. The standard InChI is InChI=1S/C20H22N4O2S/c1-14-5-4-6-17(11-14)24-15(2)22-23-20(24)27-13-19(25)21-12-16-7-9-18(26-3)10-8-16/h4-11H,12-13H2,1-3H3,(H,21,25). The smallest absolute Gasteiger partial charge is 0.230 e.